The normalized spacial score (nSPS) is 50.2. The van der Waals surface area contributed by atoms with Crippen LogP contribution in [0.5, 0.6) is 0 Å². The summed E-state index contributed by atoms with van der Waals surface area (Å²) in [5, 5.41) is 0. The zero-order valence-corrected chi connectivity index (χ0v) is 10.7. The first kappa shape index (κ1) is 11.4. The third-order valence-corrected chi connectivity index (χ3v) is 4.83. The summed E-state index contributed by atoms with van der Waals surface area (Å²) in [5.74, 6) is 1.03. The van der Waals surface area contributed by atoms with Gasteiger partial charge in [-0.15, -0.1) is 0 Å². The van der Waals surface area contributed by atoms with Gasteiger partial charge < -0.3 is 9.47 Å². The lowest BCUT2D eigenvalue weighted by Crippen LogP contribution is -2.51. The second-order valence-corrected chi connectivity index (χ2v) is 5.63. The third kappa shape index (κ3) is 1.31. The Morgan fingerprint density at radius 1 is 1.27 bits per heavy atom. The summed E-state index contributed by atoms with van der Waals surface area (Å²) in [5.41, 5.74) is 0.210. The van der Waals surface area contributed by atoms with Crippen molar-refractivity contribution in [1.82, 2.24) is 0 Å². The minimum atomic E-state index is -0.263. The second-order valence-electron chi connectivity index (χ2n) is 5.63. The monoisotopic (exact) mass is 212 g/mol. The van der Waals surface area contributed by atoms with E-state index in [9.17, 15) is 0 Å². The van der Waals surface area contributed by atoms with Crippen molar-refractivity contribution < 1.29 is 9.47 Å². The summed E-state index contributed by atoms with van der Waals surface area (Å²) in [6, 6.07) is 0. The molecule has 2 nitrogen and oxygen atoms in total. The first-order valence-electron chi connectivity index (χ1n) is 6.34. The van der Waals surface area contributed by atoms with E-state index in [1.54, 1.807) is 0 Å². The minimum Gasteiger partial charge on any atom is -0.320 e. The molecular formula is C13H24O2. The van der Waals surface area contributed by atoms with Gasteiger partial charge in [0.15, 0.2) is 12.1 Å². The molecule has 3 rings (SSSR count). The van der Waals surface area contributed by atoms with Crippen LogP contribution >= 0.6 is 0 Å². The van der Waals surface area contributed by atoms with Crippen molar-refractivity contribution in [2.45, 2.75) is 66.0 Å². The van der Waals surface area contributed by atoms with Crippen LogP contribution < -0.4 is 0 Å². The van der Waals surface area contributed by atoms with Crippen LogP contribution in [0.1, 0.15) is 53.9 Å². The molecule has 0 aromatic carbocycles. The Morgan fingerprint density at radius 3 is 2.33 bits per heavy atom. The van der Waals surface area contributed by atoms with Crippen molar-refractivity contribution in [2.24, 2.45) is 17.3 Å². The largest absolute Gasteiger partial charge is 0.320 e. The molecule has 2 unspecified atom stereocenters. The van der Waals surface area contributed by atoms with Crippen molar-refractivity contribution in [3.63, 3.8) is 0 Å². The van der Waals surface area contributed by atoms with Crippen LogP contribution in [0.2, 0.25) is 0 Å². The molecule has 0 aromatic heterocycles. The average molecular weight is 212 g/mol. The predicted octanol–water partition coefficient (Wildman–Crippen LogP) is 3.56. The quantitative estimate of drug-likeness (QED) is 0.709. The smallest absolute Gasteiger partial charge is 0.180 e. The van der Waals surface area contributed by atoms with Crippen molar-refractivity contribution in [3.8, 4) is 0 Å². The molecule has 0 radical (unpaired) electrons. The highest BCUT2D eigenvalue weighted by molar-refractivity contribution is 5.07. The van der Waals surface area contributed by atoms with Gasteiger partial charge in [0.25, 0.3) is 0 Å². The van der Waals surface area contributed by atoms with Crippen molar-refractivity contribution in [3.05, 3.63) is 0 Å². The van der Waals surface area contributed by atoms with Gasteiger partial charge in [-0.1, -0.05) is 41.0 Å². The Hall–Kier alpha value is -0.0800. The number of rotatable bonds is 4. The molecule has 2 heteroatoms. The summed E-state index contributed by atoms with van der Waals surface area (Å²) >= 11 is 0. The van der Waals surface area contributed by atoms with Crippen LogP contribution in [0.15, 0.2) is 0 Å². The van der Waals surface area contributed by atoms with Gasteiger partial charge in [-0.3, -0.25) is 0 Å². The van der Waals surface area contributed by atoms with Gasteiger partial charge in [0, 0.05) is 11.3 Å². The highest BCUT2D eigenvalue weighted by Gasteiger charge is 2.70. The van der Waals surface area contributed by atoms with E-state index in [1.807, 2.05) is 0 Å². The highest BCUT2D eigenvalue weighted by Crippen LogP contribution is 2.64. The third-order valence-electron chi connectivity index (χ3n) is 4.83. The summed E-state index contributed by atoms with van der Waals surface area (Å²) in [6.07, 6.45) is 3.50. The molecule has 88 valence electrons. The Morgan fingerprint density at radius 2 is 1.87 bits per heavy atom. The van der Waals surface area contributed by atoms with Crippen LogP contribution in [-0.4, -0.2) is 12.1 Å². The number of fused-ring (bicyclic) bond motifs is 1. The average Bonchev–Trinajstić information content (AvgIpc) is 2.46. The highest BCUT2D eigenvalue weighted by atomic mass is 16.9. The molecule has 3 atom stereocenters. The fourth-order valence-corrected chi connectivity index (χ4v) is 3.28. The van der Waals surface area contributed by atoms with E-state index in [0.717, 1.165) is 12.3 Å². The predicted molar refractivity (Wildman–Crippen MR) is 60.3 cm³/mol. The topological polar surface area (TPSA) is 18.5 Å². The number of ether oxygens (including phenoxy) is 2. The molecular weight excluding hydrogens is 188 g/mol. The van der Waals surface area contributed by atoms with Gasteiger partial charge in [-0.2, -0.15) is 0 Å². The molecule has 0 saturated carbocycles. The molecule has 2 bridgehead atoms. The molecule has 3 fully saturated rings. The zero-order valence-electron chi connectivity index (χ0n) is 10.7. The van der Waals surface area contributed by atoms with E-state index >= 15 is 0 Å². The summed E-state index contributed by atoms with van der Waals surface area (Å²) in [4.78, 5) is 0. The fraction of sp³-hybridized carbons (Fsp3) is 1.00. The van der Waals surface area contributed by atoms with Gasteiger partial charge in [0.1, 0.15) is 0 Å². The second kappa shape index (κ2) is 3.46. The Balaban J connectivity index is 2.17. The van der Waals surface area contributed by atoms with Crippen molar-refractivity contribution >= 4 is 0 Å². The van der Waals surface area contributed by atoms with Crippen molar-refractivity contribution in [2.75, 3.05) is 0 Å². The number of hydrogen-bond acceptors (Lipinski definition) is 2. The molecule has 0 aliphatic carbocycles. The van der Waals surface area contributed by atoms with E-state index in [0.29, 0.717) is 5.92 Å². The van der Waals surface area contributed by atoms with Crippen LogP contribution in [-0.2, 0) is 9.47 Å². The first-order valence-corrected chi connectivity index (χ1v) is 6.34. The van der Waals surface area contributed by atoms with Gasteiger partial charge in [0.2, 0.25) is 0 Å². The maximum atomic E-state index is 5.94. The summed E-state index contributed by atoms with van der Waals surface area (Å²) in [6.45, 7) is 11.4. The van der Waals surface area contributed by atoms with Gasteiger partial charge in [-0.25, -0.2) is 0 Å². The Kier molecular flexibility index (Phi) is 2.63. The molecule has 0 amide bonds. The molecule has 0 N–H and O–H groups in total. The van der Waals surface area contributed by atoms with Crippen LogP contribution in [0.3, 0.4) is 0 Å². The van der Waals surface area contributed by atoms with Gasteiger partial charge >= 0.3 is 0 Å². The summed E-state index contributed by atoms with van der Waals surface area (Å²) < 4.78 is 11.9. The van der Waals surface area contributed by atoms with E-state index in [4.69, 9.17) is 9.47 Å². The van der Waals surface area contributed by atoms with Crippen LogP contribution in [0.25, 0.3) is 0 Å². The fourth-order valence-electron chi connectivity index (χ4n) is 3.28. The standard InChI is InChI=1S/C13H24O2/c1-6-9(3)8-12(5)10(4)11-14-13(12,7-2)15-11/h9-11H,6-8H2,1-5H3/t9-,10?,11?,12?,13?/m0/s1. The maximum Gasteiger partial charge on any atom is 0.180 e. The molecule has 0 aromatic rings. The van der Waals surface area contributed by atoms with Crippen LogP contribution in [0, 0.1) is 17.3 Å². The summed E-state index contributed by atoms with van der Waals surface area (Å²) in [7, 11) is 0. The molecule has 3 aliphatic heterocycles. The SMILES string of the molecule is CC[C@H](C)CC1(C)C(C)C2OC1(CC)O2. The van der Waals surface area contributed by atoms with E-state index in [1.165, 1.54) is 12.8 Å². The zero-order chi connectivity index (χ0) is 11.3. The lowest BCUT2D eigenvalue weighted by atomic mass is 9.69. The van der Waals surface area contributed by atoms with E-state index < -0.39 is 0 Å². The van der Waals surface area contributed by atoms with Gasteiger partial charge in [-0.05, 0) is 18.8 Å². The number of hydrogen-bond donors (Lipinski definition) is 0. The molecule has 15 heavy (non-hydrogen) atoms. The maximum absolute atomic E-state index is 5.94. The van der Waals surface area contributed by atoms with Crippen molar-refractivity contribution in [1.29, 1.82) is 0 Å². The molecule has 3 saturated heterocycles. The van der Waals surface area contributed by atoms with E-state index in [-0.39, 0.29) is 17.5 Å². The molecule has 3 aliphatic rings. The van der Waals surface area contributed by atoms with Gasteiger partial charge in [0.05, 0.1) is 0 Å². The lowest BCUT2D eigenvalue weighted by molar-refractivity contribution is -0.429. The Bertz CT molecular complexity index is 245. The van der Waals surface area contributed by atoms with E-state index in [2.05, 4.69) is 34.6 Å². The minimum absolute atomic E-state index is 0.0685. The molecule has 0 spiro atoms. The molecule has 3 heterocycles. The lowest BCUT2D eigenvalue weighted by Gasteiger charge is -2.45. The Labute approximate surface area is 93.3 Å². The first-order chi connectivity index (χ1) is 6.99. The van der Waals surface area contributed by atoms with Crippen LogP contribution in [0.4, 0.5) is 0 Å².